The molecule has 0 bridgehead atoms. The van der Waals surface area contributed by atoms with Gasteiger partial charge < -0.3 is 20.1 Å². The Bertz CT molecular complexity index is 1160. The van der Waals surface area contributed by atoms with Crippen molar-refractivity contribution in [2.45, 2.75) is 13.1 Å². The number of para-hydroxylation sites is 2. The number of benzene rings is 3. The van der Waals surface area contributed by atoms with Gasteiger partial charge >= 0.3 is 0 Å². The molecule has 7 nitrogen and oxygen atoms in total. The van der Waals surface area contributed by atoms with E-state index in [1.54, 1.807) is 30.3 Å². The standard InChI is InChI=1S/C27H28FN3O4/c28-23-10-4-5-11-24(23)30-26(32)19-35-25-12-6-3-9-22(25)27(33)29-17-20-7-1-2-8-21(20)18-31-13-15-34-16-14-31/h1-12H,13-19H2,(H,29,33)(H,30,32). The fourth-order valence-corrected chi connectivity index (χ4v) is 3.83. The van der Waals surface area contributed by atoms with Gasteiger partial charge in [-0.1, -0.05) is 48.5 Å². The van der Waals surface area contributed by atoms with Gasteiger partial charge in [-0.2, -0.15) is 0 Å². The van der Waals surface area contributed by atoms with Gasteiger partial charge in [0.25, 0.3) is 11.8 Å². The van der Waals surface area contributed by atoms with Gasteiger partial charge in [0.2, 0.25) is 0 Å². The number of carbonyl (C=O) groups is 2. The summed E-state index contributed by atoms with van der Waals surface area (Å²) < 4.78 is 24.8. The maximum Gasteiger partial charge on any atom is 0.262 e. The number of ether oxygens (including phenoxy) is 2. The molecule has 1 saturated heterocycles. The van der Waals surface area contributed by atoms with E-state index in [2.05, 4.69) is 21.6 Å². The number of anilines is 1. The summed E-state index contributed by atoms with van der Waals surface area (Å²) in [5, 5.41) is 5.42. The summed E-state index contributed by atoms with van der Waals surface area (Å²) in [6.07, 6.45) is 0. The normalized spacial score (nSPS) is 13.7. The second-order valence-electron chi connectivity index (χ2n) is 8.15. The molecule has 0 aliphatic carbocycles. The number of carbonyl (C=O) groups excluding carboxylic acids is 2. The largest absolute Gasteiger partial charge is 0.483 e. The van der Waals surface area contributed by atoms with E-state index in [1.165, 1.54) is 18.2 Å². The minimum absolute atomic E-state index is 0.0721. The molecule has 0 unspecified atom stereocenters. The van der Waals surface area contributed by atoms with Crippen LogP contribution in [0.3, 0.4) is 0 Å². The van der Waals surface area contributed by atoms with Crippen molar-refractivity contribution >= 4 is 17.5 Å². The van der Waals surface area contributed by atoms with Crippen LogP contribution in [-0.4, -0.2) is 49.6 Å². The van der Waals surface area contributed by atoms with E-state index in [9.17, 15) is 14.0 Å². The highest BCUT2D eigenvalue weighted by molar-refractivity contribution is 5.97. The summed E-state index contributed by atoms with van der Waals surface area (Å²) in [5.41, 5.74) is 2.58. The second-order valence-corrected chi connectivity index (χ2v) is 8.15. The molecule has 0 radical (unpaired) electrons. The van der Waals surface area contributed by atoms with Crippen LogP contribution in [-0.2, 0) is 22.6 Å². The van der Waals surface area contributed by atoms with E-state index >= 15 is 0 Å². The molecule has 3 aromatic carbocycles. The number of rotatable bonds is 9. The van der Waals surface area contributed by atoms with Crippen molar-refractivity contribution < 1.29 is 23.5 Å². The van der Waals surface area contributed by atoms with Gasteiger partial charge in [0.15, 0.2) is 6.61 Å². The average Bonchev–Trinajstić information content (AvgIpc) is 2.89. The van der Waals surface area contributed by atoms with Crippen LogP contribution in [0.1, 0.15) is 21.5 Å². The third kappa shape index (κ3) is 6.88. The van der Waals surface area contributed by atoms with Crippen molar-refractivity contribution in [2.75, 3.05) is 38.2 Å². The number of hydrogen-bond donors (Lipinski definition) is 2. The highest BCUT2D eigenvalue weighted by Gasteiger charge is 2.16. The Labute approximate surface area is 203 Å². The Morgan fingerprint density at radius 2 is 1.60 bits per heavy atom. The topological polar surface area (TPSA) is 79.9 Å². The fraction of sp³-hybridized carbons (Fsp3) is 0.259. The maximum absolute atomic E-state index is 13.8. The molecule has 0 aromatic heterocycles. The Morgan fingerprint density at radius 3 is 2.40 bits per heavy atom. The molecule has 8 heteroatoms. The lowest BCUT2D eigenvalue weighted by Crippen LogP contribution is -2.36. The molecule has 182 valence electrons. The van der Waals surface area contributed by atoms with Crippen LogP contribution in [0.2, 0.25) is 0 Å². The Hall–Kier alpha value is -3.75. The number of hydrogen-bond acceptors (Lipinski definition) is 5. The zero-order valence-corrected chi connectivity index (χ0v) is 19.3. The van der Waals surface area contributed by atoms with Crippen molar-refractivity contribution in [1.82, 2.24) is 10.2 Å². The first-order valence-corrected chi connectivity index (χ1v) is 11.5. The first kappa shape index (κ1) is 24.4. The molecule has 35 heavy (non-hydrogen) atoms. The zero-order chi connectivity index (χ0) is 24.5. The Balaban J connectivity index is 1.35. The number of nitrogens with one attached hydrogen (secondary N) is 2. The van der Waals surface area contributed by atoms with Gasteiger partial charge in [-0.25, -0.2) is 4.39 Å². The van der Waals surface area contributed by atoms with Gasteiger partial charge in [-0.15, -0.1) is 0 Å². The van der Waals surface area contributed by atoms with E-state index < -0.39 is 11.7 Å². The van der Waals surface area contributed by atoms with Crippen LogP contribution in [0.5, 0.6) is 5.75 Å². The number of nitrogens with zero attached hydrogens (tertiary/aromatic N) is 1. The van der Waals surface area contributed by atoms with Gasteiger partial charge in [0, 0.05) is 26.2 Å². The molecular weight excluding hydrogens is 449 g/mol. The monoisotopic (exact) mass is 477 g/mol. The number of morpholine rings is 1. The predicted octanol–water partition coefficient (Wildman–Crippen LogP) is 3.61. The summed E-state index contributed by atoms with van der Waals surface area (Å²) in [5.74, 6) is -1.09. The minimum Gasteiger partial charge on any atom is -0.483 e. The van der Waals surface area contributed by atoms with Crippen LogP contribution >= 0.6 is 0 Å². The highest BCUT2D eigenvalue weighted by atomic mass is 19.1. The van der Waals surface area contributed by atoms with Gasteiger partial charge in [-0.3, -0.25) is 14.5 Å². The summed E-state index contributed by atoms with van der Waals surface area (Å²) in [7, 11) is 0. The molecule has 0 saturated carbocycles. The van der Waals surface area contributed by atoms with Crippen molar-refractivity contribution in [3.8, 4) is 5.75 Å². The van der Waals surface area contributed by atoms with Crippen molar-refractivity contribution in [1.29, 1.82) is 0 Å². The molecule has 1 aliphatic heterocycles. The van der Waals surface area contributed by atoms with Crippen LogP contribution < -0.4 is 15.4 Å². The Kier molecular flexibility index (Phi) is 8.43. The number of halogens is 1. The molecule has 1 aliphatic rings. The molecule has 1 heterocycles. The van der Waals surface area contributed by atoms with Crippen molar-refractivity contribution in [3.63, 3.8) is 0 Å². The molecule has 0 spiro atoms. The van der Waals surface area contributed by atoms with Crippen LogP contribution in [0.15, 0.2) is 72.8 Å². The maximum atomic E-state index is 13.8. The first-order valence-electron chi connectivity index (χ1n) is 11.5. The van der Waals surface area contributed by atoms with E-state index in [4.69, 9.17) is 9.47 Å². The molecule has 2 N–H and O–H groups in total. The lowest BCUT2D eigenvalue weighted by atomic mass is 10.1. The highest BCUT2D eigenvalue weighted by Crippen LogP contribution is 2.19. The average molecular weight is 478 g/mol. The van der Waals surface area contributed by atoms with Crippen molar-refractivity contribution in [2.24, 2.45) is 0 Å². The third-order valence-corrected chi connectivity index (χ3v) is 5.69. The number of amides is 2. The molecule has 2 amide bonds. The van der Waals surface area contributed by atoms with Gasteiger partial charge in [0.05, 0.1) is 24.5 Å². The molecule has 0 atom stereocenters. The molecule has 1 fully saturated rings. The van der Waals surface area contributed by atoms with E-state index in [-0.39, 0.29) is 24.0 Å². The van der Waals surface area contributed by atoms with Crippen molar-refractivity contribution in [3.05, 3.63) is 95.3 Å². The van der Waals surface area contributed by atoms with Gasteiger partial charge in [-0.05, 0) is 35.4 Å². The second kappa shape index (κ2) is 12.1. The lowest BCUT2D eigenvalue weighted by molar-refractivity contribution is -0.118. The van der Waals surface area contributed by atoms with Gasteiger partial charge in [0.1, 0.15) is 11.6 Å². The van der Waals surface area contributed by atoms with Crippen LogP contribution in [0.25, 0.3) is 0 Å². The first-order chi connectivity index (χ1) is 17.1. The molecule has 3 aromatic rings. The summed E-state index contributed by atoms with van der Waals surface area (Å²) in [6.45, 7) is 4.03. The molecule has 4 rings (SSSR count). The smallest absolute Gasteiger partial charge is 0.262 e. The van der Waals surface area contributed by atoms with E-state index in [0.717, 1.165) is 44.0 Å². The third-order valence-electron chi connectivity index (χ3n) is 5.69. The molecular formula is C27H28FN3O4. The van der Waals surface area contributed by atoms with E-state index in [1.807, 2.05) is 18.2 Å². The summed E-state index contributed by atoms with van der Waals surface area (Å²) in [4.78, 5) is 27.5. The minimum atomic E-state index is -0.533. The van der Waals surface area contributed by atoms with Crippen LogP contribution in [0, 0.1) is 5.82 Å². The zero-order valence-electron chi connectivity index (χ0n) is 19.3. The SMILES string of the molecule is O=C(COc1ccccc1C(=O)NCc1ccccc1CN1CCOCC1)Nc1ccccc1F. The Morgan fingerprint density at radius 1 is 0.914 bits per heavy atom. The summed E-state index contributed by atoms with van der Waals surface area (Å²) >= 11 is 0. The fourth-order valence-electron chi connectivity index (χ4n) is 3.83. The quantitative estimate of drug-likeness (QED) is 0.492. The van der Waals surface area contributed by atoms with Crippen LogP contribution in [0.4, 0.5) is 10.1 Å². The summed E-state index contributed by atoms with van der Waals surface area (Å²) in [6, 6.07) is 20.6. The lowest BCUT2D eigenvalue weighted by Gasteiger charge is -2.27. The predicted molar refractivity (Wildman–Crippen MR) is 131 cm³/mol. The van der Waals surface area contributed by atoms with E-state index in [0.29, 0.717) is 12.1 Å².